The molecule has 1 aromatic carbocycles. The van der Waals surface area contributed by atoms with Crippen LogP contribution < -0.4 is 19.5 Å². The highest BCUT2D eigenvalue weighted by Gasteiger charge is 2.18. The van der Waals surface area contributed by atoms with Crippen molar-refractivity contribution in [2.75, 3.05) is 21.3 Å². The van der Waals surface area contributed by atoms with Crippen LogP contribution in [0.2, 0.25) is 0 Å². The van der Waals surface area contributed by atoms with Gasteiger partial charge in [-0.25, -0.2) is 0 Å². The maximum atomic E-state index is 12.5. The molecule has 0 spiro atoms. The molecule has 1 atom stereocenters. The van der Waals surface area contributed by atoms with Crippen LogP contribution in [-0.2, 0) is 6.42 Å². The van der Waals surface area contributed by atoms with Gasteiger partial charge < -0.3 is 19.5 Å². The summed E-state index contributed by atoms with van der Waals surface area (Å²) < 4.78 is 15.9. The van der Waals surface area contributed by atoms with E-state index < -0.39 is 0 Å². The van der Waals surface area contributed by atoms with Gasteiger partial charge in [0, 0.05) is 27.8 Å². The Morgan fingerprint density at radius 3 is 2.21 bits per heavy atom. The standard InChI is InChI=1S/C18H23NO4S/c1-11(8-14-7-6-12(2)24-14)19-18(20)13-9-15(21-3)17(23-5)16(10-13)22-4/h6-7,9-11H,8H2,1-5H3,(H,19,20). The van der Waals surface area contributed by atoms with Gasteiger partial charge in [0.05, 0.1) is 21.3 Å². The summed E-state index contributed by atoms with van der Waals surface area (Å²) in [5.41, 5.74) is 0.471. The first-order valence-corrected chi connectivity index (χ1v) is 8.46. The SMILES string of the molecule is COc1cc(C(=O)NC(C)Cc2ccc(C)s2)cc(OC)c1OC. The van der Waals surface area contributed by atoms with Crippen molar-refractivity contribution in [1.29, 1.82) is 0 Å². The lowest BCUT2D eigenvalue weighted by atomic mass is 10.1. The smallest absolute Gasteiger partial charge is 0.251 e. The summed E-state index contributed by atoms with van der Waals surface area (Å²) in [7, 11) is 4.59. The van der Waals surface area contributed by atoms with E-state index in [-0.39, 0.29) is 11.9 Å². The molecular weight excluding hydrogens is 326 g/mol. The summed E-state index contributed by atoms with van der Waals surface area (Å²) in [5, 5.41) is 3.01. The van der Waals surface area contributed by atoms with Gasteiger partial charge in [-0.15, -0.1) is 11.3 Å². The lowest BCUT2D eigenvalue weighted by Crippen LogP contribution is -2.33. The van der Waals surface area contributed by atoms with E-state index in [0.717, 1.165) is 6.42 Å². The number of carbonyl (C=O) groups is 1. The first-order valence-electron chi connectivity index (χ1n) is 7.64. The molecule has 5 nitrogen and oxygen atoms in total. The van der Waals surface area contributed by atoms with Crippen LogP contribution in [0, 0.1) is 6.92 Å². The molecule has 0 aliphatic rings. The van der Waals surface area contributed by atoms with Crippen molar-refractivity contribution in [2.24, 2.45) is 0 Å². The molecule has 0 saturated heterocycles. The molecule has 0 aliphatic carbocycles. The van der Waals surface area contributed by atoms with Crippen LogP contribution in [0.15, 0.2) is 24.3 Å². The zero-order valence-electron chi connectivity index (χ0n) is 14.6. The largest absolute Gasteiger partial charge is 0.493 e. The minimum Gasteiger partial charge on any atom is -0.493 e. The number of hydrogen-bond acceptors (Lipinski definition) is 5. The lowest BCUT2D eigenvalue weighted by molar-refractivity contribution is 0.0939. The molecule has 0 saturated carbocycles. The normalized spacial score (nSPS) is 11.7. The number of nitrogens with one attached hydrogen (secondary N) is 1. The van der Waals surface area contributed by atoms with Crippen molar-refractivity contribution in [1.82, 2.24) is 5.32 Å². The molecular formula is C18H23NO4S. The van der Waals surface area contributed by atoms with E-state index in [2.05, 4.69) is 24.4 Å². The van der Waals surface area contributed by atoms with E-state index in [1.807, 2.05) is 6.92 Å². The molecule has 0 aliphatic heterocycles. The Morgan fingerprint density at radius 1 is 1.12 bits per heavy atom. The fourth-order valence-electron chi connectivity index (χ4n) is 2.47. The number of ether oxygens (including phenoxy) is 3. The van der Waals surface area contributed by atoms with Crippen molar-refractivity contribution in [3.05, 3.63) is 39.6 Å². The van der Waals surface area contributed by atoms with Crippen LogP contribution >= 0.6 is 11.3 Å². The predicted molar refractivity (Wildman–Crippen MR) is 95.8 cm³/mol. The molecule has 1 N–H and O–H groups in total. The number of rotatable bonds is 7. The Kier molecular flexibility index (Phi) is 6.09. The third kappa shape index (κ3) is 4.20. The van der Waals surface area contributed by atoms with Crippen molar-refractivity contribution in [3.63, 3.8) is 0 Å². The Balaban J connectivity index is 2.13. The molecule has 2 rings (SSSR count). The average molecular weight is 349 g/mol. The zero-order chi connectivity index (χ0) is 17.7. The summed E-state index contributed by atoms with van der Waals surface area (Å²) in [4.78, 5) is 15.1. The van der Waals surface area contributed by atoms with Crippen LogP contribution in [0.1, 0.15) is 27.0 Å². The monoisotopic (exact) mass is 349 g/mol. The molecule has 1 heterocycles. The first kappa shape index (κ1) is 18.1. The van der Waals surface area contributed by atoms with E-state index >= 15 is 0 Å². The molecule has 1 aromatic heterocycles. The zero-order valence-corrected chi connectivity index (χ0v) is 15.5. The molecule has 1 amide bonds. The second-order valence-corrected chi connectivity index (χ2v) is 6.88. The third-order valence-corrected chi connectivity index (χ3v) is 4.63. The minimum atomic E-state index is -0.171. The molecule has 24 heavy (non-hydrogen) atoms. The highest BCUT2D eigenvalue weighted by Crippen LogP contribution is 2.38. The fraction of sp³-hybridized carbons (Fsp3) is 0.389. The van der Waals surface area contributed by atoms with E-state index in [1.54, 1.807) is 23.5 Å². The van der Waals surface area contributed by atoms with Crippen LogP contribution in [0.25, 0.3) is 0 Å². The van der Waals surface area contributed by atoms with Gasteiger partial charge in [0.2, 0.25) is 5.75 Å². The van der Waals surface area contributed by atoms with Crippen LogP contribution in [0.4, 0.5) is 0 Å². The maximum absolute atomic E-state index is 12.5. The number of thiophene rings is 1. The molecule has 2 aromatic rings. The fourth-order valence-corrected chi connectivity index (χ4v) is 3.49. The third-order valence-electron chi connectivity index (χ3n) is 3.61. The number of aryl methyl sites for hydroxylation is 1. The van der Waals surface area contributed by atoms with Crippen molar-refractivity contribution in [2.45, 2.75) is 26.3 Å². The van der Waals surface area contributed by atoms with Crippen LogP contribution in [-0.4, -0.2) is 33.3 Å². The molecule has 6 heteroatoms. The highest BCUT2D eigenvalue weighted by atomic mass is 32.1. The van der Waals surface area contributed by atoms with E-state index in [9.17, 15) is 4.79 Å². The van der Waals surface area contributed by atoms with Gasteiger partial charge >= 0.3 is 0 Å². The van der Waals surface area contributed by atoms with Crippen LogP contribution in [0.3, 0.4) is 0 Å². The van der Waals surface area contributed by atoms with E-state index in [0.29, 0.717) is 22.8 Å². The molecule has 1 unspecified atom stereocenters. The minimum absolute atomic E-state index is 0.0228. The summed E-state index contributed by atoms with van der Waals surface area (Å²) in [6.45, 7) is 4.07. The van der Waals surface area contributed by atoms with Gasteiger partial charge in [0.15, 0.2) is 11.5 Å². The summed E-state index contributed by atoms with van der Waals surface area (Å²) in [5.74, 6) is 1.22. The average Bonchev–Trinajstić information content (AvgIpc) is 2.97. The summed E-state index contributed by atoms with van der Waals surface area (Å²) >= 11 is 1.75. The van der Waals surface area contributed by atoms with Crippen molar-refractivity contribution >= 4 is 17.2 Å². The van der Waals surface area contributed by atoms with Gasteiger partial charge in [-0.1, -0.05) is 0 Å². The topological polar surface area (TPSA) is 56.8 Å². The first-order chi connectivity index (χ1) is 11.5. The highest BCUT2D eigenvalue weighted by molar-refractivity contribution is 7.11. The molecule has 0 bridgehead atoms. The number of benzene rings is 1. The Bertz CT molecular complexity index is 686. The van der Waals surface area contributed by atoms with Gasteiger partial charge in [0.1, 0.15) is 0 Å². The van der Waals surface area contributed by atoms with Gasteiger partial charge in [-0.05, 0) is 38.1 Å². The maximum Gasteiger partial charge on any atom is 0.251 e. The summed E-state index contributed by atoms with van der Waals surface area (Å²) in [6.07, 6.45) is 0.800. The van der Waals surface area contributed by atoms with Gasteiger partial charge in [-0.2, -0.15) is 0 Å². The number of carbonyl (C=O) groups excluding carboxylic acids is 1. The van der Waals surface area contributed by atoms with Gasteiger partial charge in [0.25, 0.3) is 5.91 Å². The van der Waals surface area contributed by atoms with Gasteiger partial charge in [-0.3, -0.25) is 4.79 Å². The second kappa shape index (κ2) is 8.06. The van der Waals surface area contributed by atoms with Crippen molar-refractivity contribution in [3.8, 4) is 17.2 Å². The van der Waals surface area contributed by atoms with Crippen LogP contribution in [0.5, 0.6) is 17.2 Å². The Labute approximate surface area is 146 Å². The number of hydrogen-bond donors (Lipinski definition) is 1. The Hall–Kier alpha value is -2.21. The molecule has 130 valence electrons. The Morgan fingerprint density at radius 2 is 1.75 bits per heavy atom. The summed E-state index contributed by atoms with van der Waals surface area (Å²) in [6, 6.07) is 7.52. The quantitative estimate of drug-likeness (QED) is 0.832. The predicted octanol–water partition coefficient (Wildman–Crippen LogP) is 3.44. The molecule has 0 radical (unpaired) electrons. The lowest BCUT2D eigenvalue weighted by Gasteiger charge is -2.16. The van der Waals surface area contributed by atoms with Crippen molar-refractivity contribution < 1.29 is 19.0 Å². The number of methoxy groups -OCH3 is 3. The second-order valence-electron chi connectivity index (χ2n) is 5.51. The van der Waals surface area contributed by atoms with E-state index in [1.165, 1.54) is 31.1 Å². The molecule has 0 fully saturated rings. The number of amides is 1. The van der Waals surface area contributed by atoms with E-state index in [4.69, 9.17) is 14.2 Å².